The number of nitrogens with one attached hydrogen (secondary N) is 3. The Balaban J connectivity index is 1.77. The Morgan fingerprint density at radius 3 is 2.92 bits per heavy atom. The summed E-state index contributed by atoms with van der Waals surface area (Å²) in [6, 6.07) is 7.39. The summed E-state index contributed by atoms with van der Waals surface area (Å²) in [7, 11) is 0. The van der Waals surface area contributed by atoms with Gasteiger partial charge < -0.3 is 22.1 Å². The van der Waals surface area contributed by atoms with Crippen molar-refractivity contribution in [3.63, 3.8) is 0 Å². The van der Waals surface area contributed by atoms with Crippen LogP contribution in [-0.2, 0) is 0 Å². The van der Waals surface area contributed by atoms with Gasteiger partial charge in [0.15, 0.2) is 17.4 Å². The Hall–Kier alpha value is -3.07. The predicted molar refractivity (Wildman–Crippen MR) is 100 cm³/mol. The third kappa shape index (κ3) is 4.27. The minimum absolute atomic E-state index is 0.0895. The van der Waals surface area contributed by atoms with E-state index in [1.807, 2.05) is 24.3 Å². The SMILES string of the molecule is NC(N)=NCCCNc1n[nH]c2ncnc(Nc3cccc(Cl)c3)c12. The van der Waals surface area contributed by atoms with Crippen LogP contribution in [-0.4, -0.2) is 39.2 Å². The number of benzene rings is 1. The van der Waals surface area contributed by atoms with Gasteiger partial charge in [0.2, 0.25) is 0 Å². The van der Waals surface area contributed by atoms with E-state index in [-0.39, 0.29) is 5.96 Å². The maximum Gasteiger partial charge on any atom is 0.185 e. The number of rotatable bonds is 7. The van der Waals surface area contributed by atoms with E-state index in [9.17, 15) is 0 Å². The van der Waals surface area contributed by atoms with Gasteiger partial charge in [-0.1, -0.05) is 17.7 Å². The Morgan fingerprint density at radius 2 is 2.12 bits per heavy atom. The Morgan fingerprint density at radius 1 is 1.24 bits per heavy atom. The quantitative estimate of drug-likeness (QED) is 0.246. The molecule has 0 aliphatic carbocycles. The highest BCUT2D eigenvalue weighted by Gasteiger charge is 2.12. The predicted octanol–water partition coefficient (Wildman–Crippen LogP) is 1.83. The molecule has 9 nitrogen and oxygen atoms in total. The summed E-state index contributed by atoms with van der Waals surface area (Å²) in [6.45, 7) is 1.20. The van der Waals surface area contributed by atoms with E-state index in [4.69, 9.17) is 23.1 Å². The molecular formula is C15H18ClN9. The Kier molecular flexibility index (Phi) is 5.14. The second kappa shape index (κ2) is 7.67. The second-order valence-corrected chi connectivity index (χ2v) is 5.68. The second-order valence-electron chi connectivity index (χ2n) is 5.24. The summed E-state index contributed by atoms with van der Waals surface area (Å²) in [5, 5.41) is 15.0. The third-order valence-electron chi connectivity index (χ3n) is 3.37. The molecule has 0 saturated heterocycles. The Labute approximate surface area is 148 Å². The number of fused-ring (bicyclic) bond motifs is 1. The number of aromatic amines is 1. The van der Waals surface area contributed by atoms with Gasteiger partial charge in [-0.15, -0.1) is 0 Å². The highest BCUT2D eigenvalue weighted by Crippen LogP contribution is 2.28. The van der Waals surface area contributed by atoms with Crippen molar-refractivity contribution in [2.24, 2.45) is 16.5 Å². The minimum atomic E-state index is 0.0895. The zero-order valence-corrected chi connectivity index (χ0v) is 14.1. The first-order valence-corrected chi connectivity index (χ1v) is 8.02. The maximum atomic E-state index is 6.03. The van der Waals surface area contributed by atoms with Gasteiger partial charge in [-0.05, 0) is 24.6 Å². The number of hydrogen-bond donors (Lipinski definition) is 5. The van der Waals surface area contributed by atoms with E-state index in [1.54, 1.807) is 0 Å². The van der Waals surface area contributed by atoms with Crippen molar-refractivity contribution in [1.29, 1.82) is 0 Å². The molecule has 0 aliphatic heterocycles. The highest BCUT2D eigenvalue weighted by molar-refractivity contribution is 6.30. The summed E-state index contributed by atoms with van der Waals surface area (Å²) in [5.74, 6) is 1.38. The largest absolute Gasteiger partial charge is 0.370 e. The fourth-order valence-electron chi connectivity index (χ4n) is 2.28. The molecular weight excluding hydrogens is 342 g/mol. The van der Waals surface area contributed by atoms with Crippen LogP contribution in [0.15, 0.2) is 35.6 Å². The molecule has 0 unspecified atom stereocenters. The van der Waals surface area contributed by atoms with Crippen LogP contribution in [0.2, 0.25) is 5.02 Å². The number of H-pyrrole nitrogens is 1. The first-order chi connectivity index (χ1) is 12.1. The van der Waals surface area contributed by atoms with E-state index in [1.165, 1.54) is 6.33 Å². The van der Waals surface area contributed by atoms with Gasteiger partial charge in [0.1, 0.15) is 17.5 Å². The highest BCUT2D eigenvalue weighted by atomic mass is 35.5. The van der Waals surface area contributed by atoms with Crippen molar-refractivity contribution < 1.29 is 0 Å². The van der Waals surface area contributed by atoms with Crippen molar-refractivity contribution >= 4 is 45.9 Å². The van der Waals surface area contributed by atoms with Crippen LogP contribution in [0.3, 0.4) is 0 Å². The molecule has 1 aromatic carbocycles. The van der Waals surface area contributed by atoms with Crippen LogP contribution in [0.1, 0.15) is 6.42 Å². The molecule has 0 amide bonds. The summed E-state index contributed by atoms with van der Waals surface area (Å²) in [5.41, 5.74) is 12.1. The third-order valence-corrected chi connectivity index (χ3v) is 3.60. The monoisotopic (exact) mass is 359 g/mol. The summed E-state index contributed by atoms with van der Waals surface area (Å²) in [6.07, 6.45) is 2.23. The van der Waals surface area contributed by atoms with Gasteiger partial charge in [-0.2, -0.15) is 5.10 Å². The van der Waals surface area contributed by atoms with Crippen LogP contribution in [0.25, 0.3) is 11.0 Å². The topological polar surface area (TPSA) is 143 Å². The van der Waals surface area contributed by atoms with E-state index in [2.05, 4.69) is 35.8 Å². The molecule has 3 aromatic rings. The van der Waals surface area contributed by atoms with Crippen LogP contribution < -0.4 is 22.1 Å². The molecule has 0 atom stereocenters. The van der Waals surface area contributed by atoms with Crippen LogP contribution in [0.4, 0.5) is 17.3 Å². The molecule has 0 aliphatic rings. The van der Waals surface area contributed by atoms with Gasteiger partial charge in [-0.25, -0.2) is 9.97 Å². The standard InChI is InChI=1S/C15H18ClN9/c16-9-3-1-4-10(7-9)23-12-11-13(19-5-2-6-20-15(17)18)24-25-14(11)22-8-21-12/h1,3-4,7-8H,2,5-6H2,(H4,17,18,20)(H3,19,21,22,23,24,25). The molecule has 0 saturated carbocycles. The summed E-state index contributed by atoms with van der Waals surface area (Å²) < 4.78 is 0. The molecule has 25 heavy (non-hydrogen) atoms. The molecule has 0 bridgehead atoms. The zero-order valence-electron chi connectivity index (χ0n) is 13.3. The van der Waals surface area contributed by atoms with E-state index in [0.717, 1.165) is 17.5 Å². The number of halogens is 1. The van der Waals surface area contributed by atoms with Crippen molar-refractivity contribution in [1.82, 2.24) is 20.2 Å². The lowest BCUT2D eigenvalue weighted by atomic mass is 10.3. The maximum absolute atomic E-state index is 6.03. The number of hydrogen-bond acceptors (Lipinski definition) is 6. The lowest BCUT2D eigenvalue weighted by Gasteiger charge is -2.08. The van der Waals surface area contributed by atoms with Gasteiger partial charge in [0, 0.05) is 23.8 Å². The van der Waals surface area contributed by atoms with Gasteiger partial charge in [0.25, 0.3) is 0 Å². The van der Waals surface area contributed by atoms with Crippen molar-refractivity contribution in [3.05, 3.63) is 35.6 Å². The number of nitrogens with zero attached hydrogens (tertiary/aromatic N) is 4. The van der Waals surface area contributed by atoms with Crippen molar-refractivity contribution in [3.8, 4) is 0 Å². The summed E-state index contributed by atoms with van der Waals surface area (Å²) in [4.78, 5) is 12.5. The smallest absolute Gasteiger partial charge is 0.185 e. The first-order valence-electron chi connectivity index (χ1n) is 7.64. The lowest BCUT2D eigenvalue weighted by molar-refractivity contribution is 0.867. The molecule has 0 fully saturated rings. The molecule has 7 N–H and O–H groups in total. The number of nitrogens with two attached hydrogens (primary N) is 2. The normalized spacial score (nSPS) is 10.6. The van der Waals surface area contributed by atoms with Gasteiger partial charge in [0.05, 0.1) is 0 Å². The minimum Gasteiger partial charge on any atom is -0.370 e. The van der Waals surface area contributed by atoms with Gasteiger partial charge in [-0.3, -0.25) is 10.1 Å². The number of anilines is 3. The number of guanidine groups is 1. The first kappa shape index (κ1) is 16.8. The molecule has 0 radical (unpaired) electrons. The average molecular weight is 360 g/mol. The molecule has 2 aromatic heterocycles. The number of aliphatic imine (C=N–C) groups is 1. The Bertz CT molecular complexity index is 886. The fourth-order valence-corrected chi connectivity index (χ4v) is 2.47. The van der Waals surface area contributed by atoms with Crippen LogP contribution in [0, 0.1) is 0 Å². The zero-order chi connectivity index (χ0) is 17.6. The molecule has 2 heterocycles. The van der Waals surface area contributed by atoms with Gasteiger partial charge >= 0.3 is 0 Å². The van der Waals surface area contributed by atoms with Crippen LogP contribution in [0.5, 0.6) is 0 Å². The fraction of sp³-hybridized carbons (Fsp3) is 0.200. The molecule has 3 rings (SSSR count). The van der Waals surface area contributed by atoms with E-state index in [0.29, 0.717) is 35.4 Å². The van der Waals surface area contributed by atoms with E-state index < -0.39 is 0 Å². The van der Waals surface area contributed by atoms with E-state index >= 15 is 0 Å². The van der Waals surface area contributed by atoms with Crippen LogP contribution >= 0.6 is 11.6 Å². The van der Waals surface area contributed by atoms with Crippen molar-refractivity contribution in [2.75, 3.05) is 23.7 Å². The molecule has 130 valence electrons. The summed E-state index contributed by atoms with van der Waals surface area (Å²) >= 11 is 6.03. The average Bonchev–Trinajstić information content (AvgIpc) is 2.99. The molecule has 0 spiro atoms. The molecule has 10 heteroatoms. The lowest BCUT2D eigenvalue weighted by Crippen LogP contribution is -2.23. The number of aromatic nitrogens is 4. The van der Waals surface area contributed by atoms with Crippen molar-refractivity contribution in [2.45, 2.75) is 6.42 Å².